The van der Waals surface area contributed by atoms with E-state index in [2.05, 4.69) is 22.0 Å². The first-order valence-corrected chi connectivity index (χ1v) is 7.42. The van der Waals surface area contributed by atoms with Crippen molar-refractivity contribution in [3.63, 3.8) is 0 Å². The molecule has 2 N–H and O–H groups in total. The molecule has 18 heavy (non-hydrogen) atoms. The normalized spacial score (nSPS) is 19.0. The molecule has 1 saturated carbocycles. The second-order valence-corrected chi connectivity index (χ2v) is 5.96. The molecule has 1 aromatic rings. The third-order valence-corrected chi connectivity index (χ3v) is 4.46. The molecule has 0 saturated heterocycles. The monoisotopic (exact) mass is 311 g/mol. The zero-order valence-electron chi connectivity index (χ0n) is 10.4. The smallest absolute Gasteiger partial charge is 0.251 e. The second kappa shape index (κ2) is 4.74. The number of rotatable bonds is 4. The Kier molecular flexibility index (Phi) is 3.24. The summed E-state index contributed by atoms with van der Waals surface area (Å²) in [6.07, 6.45) is 6.40. The number of benzene rings is 1. The first-order valence-electron chi connectivity index (χ1n) is 6.63. The van der Waals surface area contributed by atoms with Crippen LogP contribution in [0.1, 0.15) is 37.7 Å². The maximum Gasteiger partial charge on any atom is 0.251 e. The molecule has 0 amide bonds. The molecule has 1 heterocycles. The Morgan fingerprint density at radius 3 is 2.50 bits per heavy atom. The predicted octanol–water partition coefficient (Wildman–Crippen LogP) is 3.38. The SMILES string of the molecule is NCCCCc1cc2c(cc1Br)OC1(CCC1)O2. The number of halogens is 1. The summed E-state index contributed by atoms with van der Waals surface area (Å²) in [6.45, 7) is 0.755. The van der Waals surface area contributed by atoms with Gasteiger partial charge in [0.15, 0.2) is 11.5 Å². The van der Waals surface area contributed by atoms with Gasteiger partial charge in [0.05, 0.1) is 0 Å². The molecule has 1 aliphatic carbocycles. The van der Waals surface area contributed by atoms with Crippen LogP contribution in [0.4, 0.5) is 0 Å². The third-order valence-electron chi connectivity index (χ3n) is 3.72. The highest BCUT2D eigenvalue weighted by atomic mass is 79.9. The van der Waals surface area contributed by atoms with Crippen LogP contribution >= 0.6 is 15.9 Å². The van der Waals surface area contributed by atoms with Gasteiger partial charge in [0.1, 0.15) is 0 Å². The lowest BCUT2D eigenvalue weighted by molar-refractivity contribution is -0.138. The molecule has 3 nitrogen and oxygen atoms in total. The van der Waals surface area contributed by atoms with Gasteiger partial charge in [0.2, 0.25) is 0 Å². The van der Waals surface area contributed by atoms with E-state index in [9.17, 15) is 0 Å². The number of unbranched alkanes of at least 4 members (excludes halogenated alkanes) is 1. The average Bonchev–Trinajstić information content (AvgIpc) is 2.68. The molecule has 1 fully saturated rings. The maximum absolute atomic E-state index is 5.96. The Morgan fingerprint density at radius 1 is 1.17 bits per heavy atom. The number of fused-ring (bicyclic) bond motifs is 1. The van der Waals surface area contributed by atoms with Gasteiger partial charge in [-0.15, -0.1) is 0 Å². The van der Waals surface area contributed by atoms with Crippen LogP contribution in [-0.2, 0) is 6.42 Å². The lowest BCUT2D eigenvalue weighted by atomic mass is 9.91. The molecule has 1 aliphatic heterocycles. The Morgan fingerprint density at radius 2 is 1.89 bits per heavy atom. The highest BCUT2D eigenvalue weighted by Gasteiger charge is 2.47. The first-order chi connectivity index (χ1) is 8.72. The molecular formula is C14H18BrNO2. The van der Waals surface area contributed by atoms with Gasteiger partial charge in [-0.25, -0.2) is 0 Å². The molecule has 0 aromatic heterocycles. The molecule has 1 spiro atoms. The third kappa shape index (κ3) is 2.12. The van der Waals surface area contributed by atoms with Gasteiger partial charge in [-0.05, 0) is 49.9 Å². The summed E-state index contributed by atoms with van der Waals surface area (Å²) in [4.78, 5) is 0. The molecule has 0 radical (unpaired) electrons. The quantitative estimate of drug-likeness (QED) is 0.867. The van der Waals surface area contributed by atoms with Crippen LogP contribution in [0.2, 0.25) is 0 Å². The van der Waals surface area contributed by atoms with Gasteiger partial charge in [-0.3, -0.25) is 0 Å². The van der Waals surface area contributed by atoms with Crippen LogP contribution in [0, 0.1) is 0 Å². The van der Waals surface area contributed by atoms with Gasteiger partial charge < -0.3 is 15.2 Å². The van der Waals surface area contributed by atoms with Gasteiger partial charge in [0, 0.05) is 17.3 Å². The highest BCUT2D eigenvalue weighted by molar-refractivity contribution is 9.10. The van der Waals surface area contributed by atoms with Crippen LogP contribution in [0.5, 0.6) is 11.5 Å². The predicted molar refractivity (Wildman–Crippen MR) is 74.0 cm³/mol. The zero-order valence-corrected chi connectivity index (χ0v) is 12.0. The topological polar surface area (TPSA) is 44.5 Å². The molecule has 0 unspecified atom stereocenters. The Labute approximate surface area is 116 Å². The van der Waals surface area contributed by atoms with E-state index in [1.807, 2.05) is 6.07 Å². The van der Waals surface area contributed by atoms with E-state index in [1.165, 1.54) is 12.0 Å². The zero-order chi connectivity index (χ0) is 12.6. The summed E-state index contributed by atoms with van der Waals surface area (Å²) in [5.41, 5.74) is 6.81. The van der Waals surface area contributed by atoms with E-state index in [4.69, 9.17) is 15.2 Å². The average molecular weight is 312 g/mol. The van der Waals surface area contributed by atoms with Crippen molar-refractivity contribution in [2.75, 3.05) is 6.54 Å². The fraction of sp³-hybridized carbons (Fsp3) is 0.571. The van der Waals surface area contributed by atoms with Crippen molar-refractivity contribution < 1.29 is 9.47 Å². The van der Waals surface area contributed by atoms with Gasteiger partial charge in [-0.1, -0.05) is 15.9 Å². The summed E-state index contributed by atoms with van der Waals surface area (Å²) in [5, 5.41) is 0. The van der Waals surface area contributed by atoms with Crippen molar-refractivity contribution in [2.24, 2.45) is 5.73 Å². The molecule has 4 heteroatoms. The largest absolute Gasteiger partial charge is 0.448 e. The van der Waals surface area contributed by atoms with Crippen molar-refractivity contribution in [1.82, 2.24) is 0 Å². The summed E-state index contributed by atoms with van der Waals surface area (Å²) < 4.78 is 13.0. The number of ether oxygens (including phenoxy) is 2. The van der Waals surface area contributed by atoms with Crippen LogP contribution in [0.3, 0.4) is 0 Å². The minimum Gasteiger partial charge on any atom is -0.448 e. The number of hydrogen-bond donors (Lipinski definition) is 1. The van der Waals surface area contributed by atoms with Gasteiger partial charge in [0.25, 0.3) is 5.79 Å². The lowest BCUT2D eigenvalue weighted by Gasteiger charge is -2.35. The second-order valence-electron chi connectivity index (χ2n) is 5.10. The van der Waals surface area contributed by atoms with Gasteiger partial charge in [-0.2, -0.15) is 0 Å². The van der Waals surface area contributed by atoms with Crippen molar-refractivity contribution in [1.29, 1.82) is 0 Å². The van der Waals surface area contributed by atoms with Crippen molar-refractivity contribution in [3.8, 4) is 11.5 Å². The minimum atomic E-state index is -0.336. The van der Waals surface area contributed by atoms with E-state index >= 15 is 0 Å². The molecule has 98 valence electrons. The summed E-state index contributed by atoms with van der Waals surface area (Å²) in [6, 6.07) is 4.16. The number of aryl methyl sites for hydroxylation is 1. The minimum absolute atomic E-state index is 0.336. The standard InChI is InChI=1S/C14H18BrNO2/c15-11-9-13-12(8-10(11)4-1-2-7-16)17-14(18-13)5-3-6-14/h8-9H,1-7,16H2. The van der Waals surface area contributed by atoms with E-state index in [1.54, 1.807) is 0 Å². The molecule has 3 rings (SSSR count). The van der Waals surface area contributed by atoms with Crippen molar-refractivity contribution >= 4 is 15.9 Å². The van der Waals surface area contributed by atoms with Crippen LogP contribution in [0.15, 0.2) is 16.6 Å². The maximum atomic E-state index is 5.96. The number of hydrogen-bond acceptors (Lipinski definition) is 3. The highest BCUT2D eigenvalue weighted by Crippen LogP contribution is 2.49. The lowest BCUT2D eigenvalue weighted by Crippen LogP contribution is -2.45. The van der Waals surface area contributed by atoms with Crippen molar-refractivity contribution in [2.45, 2.75) is 44.3 Å². The fourth-order valence-corrected chi connectivity index (χ4v) is 3.00. The Balaban J connectivity index is 1.77. The Hall–Kier alpha value is -0.740. The summed E-state index contributed by atoms with van der Waals surface area (Å²) >= 11 is 3.61. The Bertz CT molecular complexity index is 457. The molecule has 1 aromatic carbocycles. The summed E-state index contributed by atoms with van der Waals surface area (Å²) in [7, 11) is 0. The van der Waals surface area contributed by atoms with Gasteiger partial charge >= 0.3 is 0 Å². The molecule has 2 aliphatic rings. The van der Waals surface area contributed by atoms with E-state index in [0.717, 1.165) is 54.6 Å². The first kappa shape index (κ1) is 12.3. The van der Waals surface area contributed by atoms with Crippen LogP contribution < -0.4 is 15.2 Å². The fourth-order valence-electron chi connectivity index (χ4n) is 2.48. The van der Waals surface area contributed by atoms with Crippen LogP contribution in [-0.4, -0.2) is 12.3 Å². The van der Waals surface area contributed by atoms with Crippen molar-refractivity contribution in [3.05, 3.63) is 22.2 Å². The number of nitrogens with two attached hydrogens (primary N) is 1. The molecular weight excluding hydrogens is 294 g/mol. The van der Waals surface area contributed by atoms with E-state index in [0.29, 0.717) is 0 Å². The van der Waals surface area contributed by atoms with E-state index in [-0.39, 0.29) is 5.79 Å². The van der Waals surface area contributed by atoms with Crippen LogP contribution in [0.25, 0.3) is 0 Å². The van der Waals surface area contributed by atoms with E-state index < -0.39 is 0 Å². The molecule has 0 bridgehead atoms. The summed E-state index contributed by atoms with van der Waals surface area (Å²) in [5.74, 6) is 1.45. The molecule has 0 atom stereocenters.